The number of aromatic nitrogens is 2. The van der Waals surface area contributed by atoms with Gasteiger partial charge in [-0.3, -0.25) is 0 Å². The molecule has 0 bridgehead atoms. The predicted molar refractivity (Wildman–Crippen MR) is 108 cm³/mol. The molecule has 0 saturated heterocycles. The van der Waals surface area contributed by atoms with E-state index in [-0.39, 0.29) is 24.0 Å². The molecule has 138 valence electrons. The number of fused-ring (bicyclic) bond motifs is 3. The van der Waals surface area contributed by atoms with Gasteiger partial charge in [0.15, 0.2) is 0 Å². The first-order chi connectivity index (χ1) is 12.0. The monoisotopic (exact) mass is 564 g/mol. The Kier molecular flexibility index (Phi) is 6.41. The Bertz CT molecular complexity index is 1010. The Labute approximate surface area is 176 Å². The van der Waals surface area contributed by atoms with Crippen molar-refractivity contribution in [1.82, 2.24) is 4.57 Å². The van der Waals surface area contributed by atoms with E-state index in [1.807, 2.05) is 54.6 Å². The number of rotatable bonds is 3. The first-order valence-corrected chi connectivity index (χ1v) is 19.1. The molecule has 1 aromatic heterocycles. The van der Waals surface area contributed by atoms with Gasteiger partial charge in [-0.05, 0) is 0 Å². The Morgan fingerprint density at radius 1 is 1.08 bits per heavy atom. The summed E-state index contributed by atoms with van der Waals surface area (Å²) in [6.07, 6.45) is 0. The van der Waals surface area contributed by atoms with Gasteiger partial charge in [-0.25, -0.2) is 0 Å². The number of hydrogen-bond donors (Lipinski definition) is 0. The maximum absolute atomic E-state index is 13.2. The first-order valence-electron chi connectivity index (χ1n) is 7.63. The second-order valence-electron chi connectivity index (χ2n) is 5.78. The summed E-state index contributed by atoms with van der Waals surface area (Å²) in [5.41, 5.74) is 1.74. The molecule has 0 radical (unpaired) electrons. The van der Waals surface area contributed by atoms with Crippen LogP contribution in [-0.4, -0.2) is 25.1 Å². The molecule has 1 atom stereocenters. The third-order valence-electron chi connectivity index (χ3n) is 4.16. The average Bonchev–Trinajstić information content (AvgIpc) is 2.98. The van der Waals surface area contributed by atoms with Crippen LogP contribution in [0.2, 0.25) is 4.47 Å². The van der Waals surface area contributed by atoms with Crippen LogP contribution in [0, 0.1) is 0 Å². The van der Waals surface area contributed by atoms with Crippen molar-refractivity contribution in [3.8, 4) is 5.69 Å². The molecule has 2 heterocycles. The van der Waals surface area contributed by atoms with Crippen molar-refractivity contribution in [2.24, 2.45) is 0 Å². The molecule has 0 N–H and O–H groups in total. The summed E-state index contributed by atoms with van der Waals surface area (Å²) in [4.78, 5) is 13.2. The van der Waals surface area contributed by atoms with Gasteiger partial charge in [0.2, 0.25) is 0 Å². The SMILES string of the molecule is O=c1c2ccccc2[n+]2c(n1-c1ccccc1)SCC2C[Te](Cl)(Cl)Cl.[Cl-]. The molecule has 1 aliphatic rings. The van der Waals surface area contributed by atoms with E-state index in [0.29, 0.717) is 9.85 Å². The van der Waals surface area contributed by atoms with Gasteiger partial charge in [0.1, 0.15) is 0 Å². The van der Waals surface area contributed by atoms with E-state index in [1.54, 1.807) is 16.3 Å². The van der Waals surface area contributed by atoms with Gasteiger partial charge in [0, 0.05) is 0 Å². The van der Waals surface area contributed by atoms with Crippen LogP contribution in [0.25, 0.3) is 16.6 Å². The second kappa shape index (κ2) is 8.09. The minimum absolute atomic E-state index is 0. The van der Waals surface area contributed by atoms with Crippen molar-refractivity contribution in [2.45, 2.75) is 15.7 Å². The van der Waals surface area contributed by atoms with Crippen LogP contribution < -0.4 is 22.5 Å². The molecular weight excluding hydrogens is 550 g/mol. The van der Waals surface area contributed by atoms with Gasteiger partial charge in [0.05, 0.1) is 0 Å². The summed E-state index contributed by atoms with van der Waals surface area (Å²) in [5, 5.41) is 1.58. The minimum atomic E-state index is -3.33. The number of thioether (sulfide) groups is 1. The summed E-state index contributed by atoms with van der Waals surface area (Å²) in [7, 11) is 18.7. The zero-order valence-electron chi connectivity index (χ0n) is 13.3. The van der Waals surface area contributed by atoms with Crippen LogP contribution in [0.5, 0.6) is 0 Å². The third kappa shape index (κ3) is 3.86. The van der Waals surface area contributed by atoms with Crippen LogP contribution in [0.1, 0.15) is 6.04 Å². The maximum Gasteiger partial charge on any atom is -1.00 e. The fourth-order valence-corrected chi connectivity index (χ4v) is 9.87. The molecule has 0 spiro atoms. The number of nitrogens with zero attached hydrogens (tertiary/aromatic N) is 2. The van der Waals surface area contributed by atoms with Gasteiger partial charge < -0.3 is 12.4 Å². The predicted octanol–water partition coefficient (Wildman–Crippen LogP) is 1.58. The number of hydrogen-bond acceptors (Lipinski definition) is 2. The normalized spacial score (nSPS) is 17.0. The van der Waals surface area contributed by atoms with Gasteiger partial charge in [-0.2, -0.15) is 0 Å². The van der Waals surface area contributed by atoms with Crippen molar-refractivity contribution >= 4 is 64.4 Å². The largest absolute Gasteiger partial charge is 1.00 e. The Hall–Kier alpha value is -0.120. The fourth-order valence-electron chi connectivity index (χ4n) is 3.16. The van der Waals surface area contributed by atoms with Gasteiger partial charge in [-0.15, -0.1) is 0 Å². The van der Waals surface area contributed by atoms with Crippen LogP contribution in [0.4, 0.5) is 0 Å². The van der Waals surface area contributed by atoms with E-state index in [1.165, 1.54) is 0 Å². The molecule has 0 amide bonds. The van der Waals surface area contributed by atoms with E-state index >= 15 is 0 Å². The van der Waals surface area contributed by atoms with E-state index in [4.69, 9.17) is 26.9 Å². The topological polar surface area (TPSA) is 25.9 Å². The van der Waals surface area contributed by atoms with E-state index < -0.39 is 14.8 Å². The molecule has 26 heavy (non-hydrogen) atoms. The van der Waals surface area contributed by atoms with Crippen molar-refractivity contribution in [1.29, 1.82) is 0 Å². The number of para-hydroxylation sites is 2. The second-order valence-corrected chi connectivity index (χ2v) is 24.4. The van der Waals surface area contributed by atoms with Crippen molar-refractivity contribution in [2.75, 3.05) is 5.75 Å². The maximum atomic E-state index is 13.2. The first kappa shape index (κ1) is 20.6. The number of halogens is 4. The Balaban J connectivity index is 0.00000196. The third-order valence-corrected chi connectivity index (χ3v) is 10.1. The molecule has 0 saturated carbocycles. The Morgan fingerprint density at radius 3 is 2.42 bits per heavy atom. The smallest absolute Gasteiger partial charge is 1.00 e. The van der Waals surface area contributed by atoms with Crippen molar-refractivity contribution in [3.63, 3.8) is 0 Å². The summed E-state index contributed by atoms with van der Waals surface area (Å²) in [5.74, 6) is 0.806. The zero-order chi connectivity index (χ0) is 17.6. The molecule has 1 unspecified atom stereocenters. The molecule has 2 aromatic carbocycles. The average molecular weight is 564 g/mol. The van der Waals surface area contributed by atoms with Crippen molar-refractivity contribution in [3.05, 3.63) is 65.0 Å². The Morgan fingerprint density at radius 2 is 1.73 bits per heavy atom. The molecule has 0 aliphatic carbocycles. The summed E-state index contributed by atoms with van der Waals surface area (Å²) in [6.45, 7) is 0. The van der Waals surface area contributed by atoms with Gasteiger partial charge >= 0.3 is 166 Å². The van der Waals surface area contributed by atoms with Crippen LogP contribution in [-0.2, 0) is 0 Å². The standard InChI is InChI=1S/C17H14Cl3N2OSTe.ClH/c18-25(19,20)11-13-10-24-17-21(13)15-9-5-4-8-14(15)16(23)22(17)12-6-2-1-3-7-12;/h1-9,13H,10-11H2;1H/q+1;/p-1. The summed E-state index contributed by atoms with van der Waals surface area (Å²) < 4.78 is 4.54. The molecule has 3 aromatic rings. The van der Waals surface area contributed by atoms with Gasteiger partial charge in [0.25, 0.3) is 0 Å². The van der Waals surface area contributed by atoms with E-state index in [9.17, 15) is 4.79 Å². The van der Waals surface area contributed by atoms with E-state index in [0.717, 1.165) is 22.1 Å². The van der Waals surface area contributed by atoms with Crippen LogP contribution in [0.15, 0.2) is 64.5 Å². The summed E-state index contributed by atoms with van der Waals surface area (Å²) >= 11 is -1.68. The van der Waals surface area contributed by atoms with Gasteiger partial charge in [-0.1, -0.05) is 0 Å². The molecular formula is C17H14Cl4N2OSTe. The zero-order valence-corrected chi connectivity index (χ0v) is 19.5. The fraction of sp³-hybridized carbons (Fsp3) is 0.176. The molecule has 1 aliphatic heterocycles. The van der Waals surface area contributed by atoms with E-state index in [2.05, 4.69) is 4.57 Å². The quantitative estimate of drug-likeness (QED) is 0.275. The molecule has 3 nitrogen and oxygen atoms in total. The van der Waals surface area contributed by atoms with Crippen molar-refractivity contribution < 1.29 is 17.0 Å². The summed E-state index contributed by atoms with van der Waals surface area (Å²) in [6, 6.07) is 17.4. The molecule has 4 rings (SSSR count). The molecule has 9 heteroatoms. The van der Waals surface area contributed by atoms with Crippen LogP contribution in [0.3, 0.4) is 0 Å². The van der Waals surface area contributed by atoms with Crippen LogP contribution >= 0.6 is 38.7 Å². The molecule has 0 fully saturated rings. The minimum Gasteiger partial charge on any atom is -1.00 e. The number of benzene rings is 2.